The number of amides is 1. The molecule has 1 fully saturated rings. The van der Waals surface area contributed by atoms with E-state index in [1.807, 2.05) is 61.5 Å². The summed E-state index contributed by atoms with van der Waals surface area (Å²) in [6, 6.07) is 18.0. The third-order valence-electron chi connectivity index (χ3n) is 4.95. The summed E-state index contributed by atoms with van der Waals surface area (Å²) < 4.78 is 10.9. The molecule has 2 aromatic carbocycles. The summed E-state index contributed by atoms with van der Waals surface area (Å²) in [6.07, 6.45) is 1.51. The Morgan fingerprint density at radius 1 is 1.06 bits per heavy atom. The van der Waals surface area contributed by atoms with Gasteiger partial charge in [-0.1, -0.05) is 30.3 Å². The smallest absolute Gasteiger partial charge is 0.409 e. The number of nitrogens with one attached hydrogen (secondary N) is 2. The molecule has 1 amide bonds. The Morgan fingerprint density at radius 2 is 1.71 bits per heavy atom. The number of rotatable bonds is 6. The standard InChI is InChI=1S/C23H30N4O3.HI/c1-3-29-23(28)27-15-13-19(14-16-27)26-22(24-2)25-17-18-9-11-21(12-10-18)30-20-7-5-4-6-8-20;/h4-12,19H,3,13-17H2,1-2H3,(H2,24,25,26);1H. The number of para-hydroxylation sites is 1. The summed E-state index contributed by atoms with van der Waals surface area (Å²) in [7, 11) is 1.76. The van der Waals surface area contributed by atoms with Crippen molar-refractivity contribution in [3.8, 4) is 11.5 Å². The Balaban J connectivity index is 0.00000341. The number of nitrogens with zero attached hydrogens (tertiary/aromatic N) is 2. The van der Waals surface area contributed by atoms with E-state index in [9.17, 15) is 4.79 Å². The number of ether oxygens (including phenoxy) is 2. The number of piperidine rings is 1. The van der Waals surface area contributed by atoms with Crippen LogP contribution in [0.5, 0.6) is 11.5 Å². The van der Waals surface area contributed by atoms with Crippen LogP contribution in [0.4, 0.5) is 4.79 Å². The van der Waals surface area contributed by atoms with Crippen molar-refractivity contribution in [1.29, 1.82) is 0 Å². The summed E-state index contributed by atoms with van der Waals surface area (Å²) in [4.78, 5) is 17.9. The molecule has 0 unspecified atom stereocenters. The van der Waals surface area contributed by atoms with E-state index in [0.717, 1.165) is 35.9 Å². The second-order valence-corrected chi connectivity index (χ2v) is 7.09. The highest BCUT2D eigenvalue weighted by molar-refractivity contribution is 14.0. The topological polar surface area (TPSA) is 75.2 Å². The molecule has 31 heavy (non-hydrogen) atoms. The molecule has 0 bridgehead atoms. The van der Waals surface area contributed by atoms with Gasteiger partial charge in [0.2, 0.25) is 0 Å². The van der Waals surface area contributed by atoms with Crippen LogP contribution < -0.4 is 15.4 Å². The molecule has 0 saturated carbocycles. The van der Waals surface area contributed by atoms with Gasteiger partial charge >= 0.3 is 6.09 Å². The molecule has 0 radical (unpaired) electrons. The summed E-state index contributed by atoms with van der Waals surface area (Å²) in [5, 5.41) is 6.80. The number of carbonyl (C=O) groups excluding carboxylic acids is 1. The predicted octanol–water partition coefficient (Wildman–Crippen LogP) is 4.38. The van der Waals surface area contributed by atoms with Crippen LogP contribution in [-0.2, 0) is 11.3 Å². The van der Waals surface area contributed by atoms with Gasteiger partial charge in [-0.2, -0.15) is 0 Å². The molecule has 168 valence electrons. The van der Waals surface area contributed by atoms with Crippen molar-refractivity contribution >= 4 is 36.0 Å². The van der Waals surface area contributed by atoms with Gasteiger partial charge in [0.15, 0.2) is 5.96 Å². The van der Waals surface area contributed by atoms with E-state index in [2.05, 4.69) is 15.6 Å². The van der Waals surface area contributed by atoms with Crippen LogP contribution in [0, 0.1) is 0 Å². The fourth-order valence-corrected chi connectivity index (χ4v) is 3.29. The fraction of sp³-hybridized carbons (Fsp3) is 0.391. The van der Waals surface area contributed by atoms with Crippen LogP contribution in [-0.4, -0.2) is 49.7 Å². The highest BCUT2D eigenvalue weighted by atomic mass is 127. The number of benzene rings is 2. The van der Waals surface area contributed by atoms with Gasteiger partial charge < -0.3 is 25.0 Å². The zero-order valence-electron chi connectivity index (χ0n) is 18.0. The maximum Gasteiger partial charge on any atom is 0.409 e. The molecular weight excluding hydrogens is 507 g/mol. The van der Waals surface area contributed by atoms with Gasteiger partial charge in [-0.05, 0) is 49.6 Å². The molecule has 1 heterocycles. The van der Waals surface area contributed by atoms with Crippen LogP contribution in [0.2, 0.25) is 0 Å². The minimum atomic E-state index is -0.224. The Bertz CT molecular complexity index is 822. The first kappa shape index (κ1) is 24.8. The van der Waals surface area contributed by atoms with Crippen molar-refractivity contribution in [3.05, 3.63) is 60.2 Å². The zero-order valence-corrected chi connectivity index (χ0v) is 20.4. The van der Waals surface area contributed by atoms with Crippen LogP contribution in [0.3, 0.4) is 0 Å². The second-order valence-electron chi connectivity index (χ2n) is 7.09. The molecule has 2 aromatic rings. The summed E-state index contributed by atoms with van der Waals surface area (Å²) in [5.41, 5.74) is 1.13. The molecule has 8 heteroatoms. The average Bonchev–Trinajstić information content (AvgIpc) is 2.79. The molecule has 1 aliphatic rings. The van der Waals surface area contributed by atoms with Crippen LogP contribution in [0.15, 0.2) is 59.6 Å². The van der Waals surface area contributed by atoms with Gasteiger partial charge in [0.05, 0.1) is 6.61 Å². The lowest BCUT2D eigenvalue weighted by Crippen LogP contribution is -2.49. The van der Waals surface area contributed by atoms with E-state index < -0.39 is 0 Å². The van der Waals surface area contributed by atoms with Gasteiger partial charge in [-0.25, -0.2) is 4.79 Å². The first-order chi connectivity index (χ1) is 14.7. The zero-order chi connectivity index (χ0) is 21.2. The van der Waals surface area contributed by atoms with Crippen molar-refractivity contribution in [2.45, 2.75) is 32.4 Å². The lowest BCUT2D eigenvalue weighted by atomic mass is 10.1. The highest BCUT2D eigenvalue weighted by Crippen LogP contribution is 2.21. The van der Waals surface area contributed by atoms with E-state index >= 15 is 0 Å². The summed E-state index contributed by atoms with van der Waals surface area (Å²) >= 11 is 0. The fourth-order valence-electron chi connectivity index (χ4n) is 3.29. The number of hydrogen-bond acceptors (Lipinski definition) is 4. The monoisotopic (exact) mass is 538 g/mol. The molecular formula is C23H31IN4O3. The number of aliphatic imine (C=N–C) groups is 1. The maximum absolute atomic E-state index is 11.8. The lowest BCUT2D eigenvalue weighted by Gasteiger charge is -2.32. The van der Waals surface area contributed by atoms with E-state index in [0.29, 0.717) is 26.2 Å². The Kier molecular flexibility index (Phi) is 10.4. The first-order valence-corrected chi connectivity index (χ1v) is 10.4. The molecule has 0 aliphatic carbocycles. The summed E-state index contributed by atoms with van der Waals surface area (Å²) in [6.45, 7) is 4.28. The van der Waals surface area contributed by atoms with E-state index in [-0.39, 0.29) is 36.1 Å². The first-order valence-electron chi connectivity index (χ1n) is 10.4. The minimum Gasteiger partial charge on any atom is -0.457 e. The largest absolute Gasteiger partial charge is 0.457 e. The Hall–Kier alpha value is -2.49. The molecule has 0 aromatic heterocycles. The average molecular weight is 538 g/mol. The van der Waals surface area contributed by atoms with Crippen molar-refractivity contribution in [2.75, 3.05) is 26.7 Å². The number of guanidine groups is 1. The Labute approximate surface area is 201 Å². The quantitative estimate of drug-likeness (QED) is 0.325. The van der Waals surface area contributed by atoms with Crippen molar-refractivity contribution in [2.24, 2.45) is 4.99 Å². The molecule has 1 saturated heterocycles. The molecule has 0 atom stereocenters. The van der Waals surface area contributed by atoms with Crippen LogP contribution in [0.1, 0.15) is 25.3 Å². The van der Waals surface area contributed by atoms with Crippen molar-refractivity contribution in [1.82, 2.24) is 15.5 Å². The lowest BCUT2D eigenvalue weighted by molar-refractivity contribution is 0.0963. The number of hydrogen-bond donors (Lipinski definition) is 2. The van der Waals surface area contributed by atoms with Crippen LogP contribution in [0.25, 0.3) is 0 Å². The number of halogens is 1. The van der Waals surface area contributed by atoms with Gasteiger partial charge in [0.25, 0.3) is 0 Å². The molecule has 0 spiro atoms. The van der Waals surface area contributed by atoms with Crippen molar-refractivity contribution < 1.29 is 14.3 Å². The highest BCUT2D eigenvalue weighted by Gasteiger charge is 2.23. The van der Waals surface area contributed by atoms with Crippen molar-refractivity contribution in [3.63, 3.8) is 0 Å². The number of carbonyl (C=O) groups is 1. The normalized spacial score (nSPS) is 14.4. The molecule has 2 N–H and O–H groups in total. The predicted molar refractivity (Wildman–Crippen MR) is 133 cm³/mol. The van der Waals surface area contributed by atoms with Gasteiger partial charge in [-0.15, -0.1) is 24.0 Å². The van der Waals surface area contributed by atoms with E-state index in [4.69, 9.17) is 9.47 Å². The van der Waals surface area contributed by atoms with Crippen LogP contribution >= 0.6 is 24.0 Å². The third kappa shape index (κ3) is 7.93. The maximum atomic E-state index is 11.8. The summed E-state index contributed by atoms with van der Waals surface area (Å²) in [5.74, 6) is 2.39. The minimum absolute atomic E-state index is 0. The molecule has 1 aliphatic heterocycles. The van der Waals surface area contributed by atoms with Gasteiger partial charge in [0, 0.05) is 32.7 Å². The SMILES string of the molecule is CCOC(=O)N1CCC(NC(=NC)NCc2ccc(Oc3ccccc3)cc2)CC1.I. The third-order valence-corrected chi connectivity index (χ3v) is 4.95. The molecule has 3 rings (SSSR count). The number of likely N-dealkylation sites (tertiary alicyclic amines) is 1. The van der Waals surface area contributed by atoms with Gasteiger partial charge in [0.1, 0.15) is 11.5 Å². The Morgan fingerprint density at radius 3 is 2.32 bits per heavy atom. The van der Waals surface area contributed by atoms with E-state index in [1.54, 1.807) is 11.9 Å². The van der Waals surface area contributed by atoms with E-state index in [1.165, 1.54) is 0 Å². The molecule has 7 nitrogen and oxygen atoms in total. The second kappa shape index (κ2) is 13.0. The van der Waals surface area contributed by atoms with Gasteiger partial charge in [-0.3, -0.25) is 4.99 Å².